The number of nitrogens with one attached hydrogen (secondary N) is 1. The maximum Gasteiger partial charge on any atom is 0.268 e. The number of nitrogens with two attached hydrogens (primary N) is 1. The van der Waals surface area contributed by atoms with E-state index in [0.717, 1.165) is 0 Å². The van der Waals surface area contributed by atoms with Gasteiger partial charge in [-0.05, 0) is 11.4 Å². The Morgan fingerprint density at radius 1 is 1.63 bits per heavy atom. The van der Waals surface area contributed by atoms with Gasteiger partial charge in [0.2, 0.25) is 5.91 Å². The number of hydrogen-bond acceptors (Lipinski definition) is 5. The molecular formula is C12H16N4O2S. The zero-order valence-electron chi connectivity index (χ0n) is 10.8. The third kappa shape index (κ3) is 2.82. The number of carbonyl (C=O) groups is 1. The van der Waals surface area contributed by atoms with Crippen molar-refractivity contribution in [2.75, 3.05) is 13.6 Å². The Labute approximate surface area is 114 Å². The van der Waals surface area contributed by atoms with Gasteiger partial charge >= 0.3 is 0 Å². The summed E-state index contributed by atoms with van der Waals surface area (Å²) in [5.74, 6) is 0.188. The molecule has 7 heteroatoms. The van der Waals surface area contributed by atoms with Gasteiger partial charge in [0.05, 0.1) is 12.1 Å². The topological polar surface area (TPSA) is 92.1 Å². The van der Waals surface area contributed by atoms with Crippen molar-refractivity contribution in [2.45, 2.75) is 13.5 Å². The minimum absolute atomic E-state index is 0.0597. The highest BCUT2D eigenvalue weighted by molar-refractivity contribution is 7.17. The van der Waals surface area contributed by atoms with Gasteiger partial charge in [-0.1, -0.05) is 6.92 Å². The second kappa shape index (κ2) is 5.50. The van der Waals surface area contributed by atoms with Crippen LogP contribution in [-0.2, 0) is 11.3 Å². The lowest BCUT2D eigenvalue weighted by Crippen LogP contribution is -2.35. The summed E-state index contributed by atoms with van der Waals surface area (Å²) >= 11 is 1.35. The van der Waals surface area contributed by atoms with Gasteiger partial charge in [-0.2, -0.15) is 0 Å². The molecule has 0 radical (unpaired) electrons. The van der Waals surface area contributed by atoms with Gasteiger partial charge in [-0.25, -0.2) is 4.98 Å². The number of carbonyl (C=O) groups excluding carboxylic acids is 1. The van der Waals surface area contributed by atoms with Crippen molar-refractivity contribution in [3.8, 4) is 0 Å². The first kappa shape index (κ1) is 13.7. The van der Waals surface area contributed by atoms with Gasteiger partial charge < -0.3 is 15.6 Å². The lowest BCUT2D eigenvalue weighted by atomic mass is 10.1. The van der Waals surface area contributed by atoms with Crippen molar-refractivity contribution in [2.24, 2.45) is 11.7 Å². The van der Waals surface area contributed by atoms with Crippen molar-refractivity contribution in [3.05, 3.63) is 27.6 Å². The van der Waals surface area contributed by atoms with E-state index < -0.39 is 0 Å². The van der Waals surface area contributed by atoms with Crippen LogP contribution in [0.3, 0.4) is 0 Å². The second-order valence-electron chi connectivity index (χ2n) is 4.48. The molecule has 1 atom stereocenters. The average molecular weight is 280 g/mol. The molecule has 102 valence electrons. The van der Waals surface area contributed by atoms with Crippen LogP contribution in [0.5, 0.6) is 0 Å². The smallest absolute Gasteiger partial charge is 0.268 e. The highest BCUT2D eigenvalue weighted by Crippen LogP contribution is 2.14. The van der Waals surface area contributed by atoms with E-state index in [-0.39, 0.29) is 23.9 Å². The average Bonchev–Trinajstić information content (AvgIpc) is 2.85. The molecule has 0 aliphatic rings. The predicted octanol–water partition coefficient (Wildman–Crippen LogP) is 0.538. The largest absolute Gasteiger partial charge is 0.338 e. The SMILES string of the molecule is CC(CN)C(=O)N(C)Cc1nc2ccsc2c(=O)[nH]1. The number of fused-ring (bicyclic) bond motifs is 1. The summed E-state index contributed by atoms with van der Waals surface area (Å²) in [6.07, 6.45) is 0. The zero-order chi connectivity index (χ0) is 14.0. The molecule has 0 spiro atoms. The first-order valence-electron chi connectivity index (χ1n) is 5.94. The number of thiophene rings is 1. The minimum Gasteiger partial charge on any atom is -0.338 e. The summed E-state index contributed by atoms with van der Waals surface area (Å²) in [5.41, 5.74) is 5.97. The Hall–Kier alpha value is -1.73. The third-order valence-corrected chi connectivity index (χ3v) is 3.80. The van der Waals surface area contributed by atoms with Crippen LogP contribution < -0.4 is 11.3 Å². The molecule has 2 heterocycles. The zero-order valence-corrected chi connectivity index (χ0v) is 11.7. The van der Waals surface area contributed by atoms with Crippen LogP contribution in [0, 0.1) is 5.92 Å². The van der Waals surface area contributed by atoms with Crippen LogP contribution >= 0.6 is 11.3 Å². The van der Waals surface area contributed by atoms with Gasteiger partial charge in [-0.15, -0.1) is 11.3 Å². The van der Waals surface area contributed by atoms with Crippen LogP contribution in [0.2, 0.25) is 0 Å². The number of rotatable bonds is 4. The minimum atomic E-state index is -0.235. The Kier molecular flexibility index (Phi) is 3.96. The van der Waals surface area contributed by atoms with Crippen LogP contribution in [0.1, 0.15) is 12.7 Å². The molecule has 0 aliphatic heterocycles. The van der Waals surface area contributed by atoms with Gasteiger partial charge in [0, 0.05) is 19.5 Å². The lowest BCUT2D eigenvalue weighted by Gasteiger charge is -2.19. The van der Waals surface area contributed by atoms with E-state index in [2.05, 4.69) is 9.97 Å². The Morgan fingerprint density at radius 2 is 2.37 bits per heavy atom. The van der Waals surface area contributed by atoms with Crippen molar-refractivity contribution in [1.82, 2.24) is 14.9 Å². The summed E-state index contributed by atoms with van der Waals surface area (Å²) < 4.78 is 0.605. The van der Waals surface area contributed by atoms with E-state index in [1.54, 1.807) is 20.0 Å². The van der Waals surface area contributed by atoms with Gasteiger partial charge in [0.1, 0.15) is 10.5 Å². The first-order valence-corrected chi connectivity index (χ1v) is 6.82. The monoisotopic (exact) mass is 280 g/mol. The van der Waals surface area contributed by atoms with Crippen molar-refractivity contribution >= 4 is 27.5 Å². The fourth-order valence-electron chi connectivity index (χ4n) is 1.78. The van der Waals surface area contributed by atoms with E-state index in [9.17, 15) is 9.59 Å². The summed E-state index contributed by atoms with van der Waals surface area (Å²) in [5, 5.41) is 1.82. The number of hydrogen-bond donors (Lipinski definition) is 2. The van der Waals surface area contributed by atoms with Crippen LogP contribution in [0.15, 0.2) is 16.2 Å². The summed E-state index contributed by atoms with van der Waals surface area (Å²) in [7, 11) is 1.67. The normalized spacial score (nSPS) is 12.6. The highest BCUT2D eigenvalue weighted by atomic mass is 32.1. The molecule has 2 aromatic rings. The van der Waals surface area contributed by atoms with E-state index >= 15 is 0 Å². The number of H-pyrrole nitrogens is 1. The molecule has 2 rings (SSSR count). The fourth-order valence-corrected chi connectivity index (χ4v) is 2.50. The Bertz CT molecular complexity index is 648. The molecule has 6 nitrogen and oxygen atoms in total. The second-order valence-corrected chi connectivity index (χ2v) is 5.39. The molecule has 0 saturated heterocycles. The molecule has 1 unspecified atom stereocenters. The molecular weight excluding hydrogens is 264 g/mol. The number of aromatic nitrogens is 2. The van der Waals surface area contributed by atoms with E-state index in [4.69, 9.17) is 5.73 Å². The molecule has 3 N–H and O–H groups in total. The molecule has 0 aliphatic carbocycles. The quantitative estimate of drug-likeness (QED) is 0.855. The predicted molar refractivity (Wildman–Crippen MR) is 74.9 cm³/mol. The van der Waals surface area contributed by atoms with Gasteiger partial charge in [-0.3, -0.25) is 9.59 Å². The van der Waals surface area contributed by atoms with Crippen LogP contribution in [0.4, 0.5) is 0 Å². The van der Waals surface area contributed by atoms with E-state index in [0.29, 0.717) is 22.6 Å². The van der Waals surface area contributed by atoms with Crippen LogP contribution in [0.25, 0.3) is 10.2 Å². The standard InChI is InChI=1S/C12H16N4O2S/c1-7(5-13)12(18)16(2)6-9-14-8-3-4-19-10(8)11(17)15-9/h3-4,7H,5-6,13H2,1-2H3,(H,14,15,17). The first-order chi connectivity index (χ1) is 9.02. The van der Waals surface area contributed by atoms with E-state index in [1.807, 2.05) is 5.38 Å². The van der Waals surface area contributed by atoms with Gasteiger partial charge in [0.15, 0.2) is 0 Å². The lowest BCUT2D eigenvalue weighted by molar-refractivity contribution is -0.133. The number of amides is 1. The fraction of sp³-hybridized carbons (Fsp3) is 0.417. The molecule has 0 bridgehead atoms. The van der Waals surface area contributed by atoms with Crippen LogP contribution in [-0.4, -0.2) is 34.4 Å². The van der Waals surface area contributed by atoms with Crippen molar-refractivity contribution in [3.63, 3.8) is 0 Å². The molecule has 1 amide bonds. The molecule has 0 saturated carbocycles. The summed E-state index contributed by atoms with van der Waals surface area (Å²) in [4.78, 5) is 32.3. The molecule has 0 aromatic carbocycles. The maximum absolute atomic E-state index is 11.9. The molecule has 2 aromatic heterocycles. The third-order valence-electron chi connectivity index (χ3n) is 2.90. The Balaban J connectivity index is 2.21. The van der Waals surface area contributed by atoms with Crippen molar-refractivity contribution < 1.29 is 4.79 Å². The molecule has 19 heavy (non-hydrogen) atoms. The Morgan fingerprint density at radius 3 is 3.05 bits per heavy atom. The highest BCUT2D eigenvalue weighted by Gasteiger charge is 2.17. The maximum atomic E-state index is 11.9. The summed E-state index contributed by atoms with van der Waals surface area (Å²) in [6.45, 7) is 2.35. The number of aromatic amines is 1. The van der Waals surface area contributed by atoms with E-state index in [1.165, 1.54) is 16.2 Å². The number of nitrogens with zero attached hydrogens (tertiary/aromatic N) is 2. The molecule has 0 fully saturated rings. The van der Waals surface area contributed by atoms with Gasteiger partial charge in [0.25, 0.3) is 5.56 Å². The van der Waals surface area contributed by atoms with Crippen molar-refractivity contribution in [1.29, 1.82) is 0 Å². The summed E-state index contributed by atoms with van der Waals surface area (Å²) in [6, 6.07) is 1.79.